The van der Waals surface area contributed by atoms with E-state index in [9.17, 15) is 13.5 Å². The summed E-state index contributed by atoms with van der Waals surface area (Å²) < 4.78 is 23.7. The van der Waals surface area contributed by atoms with Gasteiger partial charge in [0.05, 0.1) is 6.10 Å². The standard InChI is InChI=1S/C11H14Br2O3S/c1-17(15,16)6-2-3-11(14)9-5-4-8(12)7-10(9)13/h4-5,7,11,14H,2-3,6H2,1H3. The second kappa shape index (κ2) is 6.31. The van der Waals surface area contributed by atoms with Gasteiger partial charge in [0.2, 0.25) is 0 Å². The largest absolute Gasteiger partial charge is 0.388 e. The van der Waals surface area contributed by atoms with Crippen molar-refractivity contribution in [2.75, 3.05) is 12.0 Å². The fourth-order valence-corrected chi connectivity index (χ4v) is 3.47. The van der Waals surface area contributed by atoms with Gasteiger partial charge in [-0.15, -0.1) is 0 Å². The summed E-state index contributed by atoms with van der Waals surface area (Å²) in [5.74, 6) is 0.109. The SMILES string of the molecule is CS(=O)(=O)CCCC(O)c1ccc(Br)cc1Br. The minimum absolute atomic E-state index is 0.109. The molecule has 0 bridgehead atoms. The Hall–Kier alpha value is 0.0900. The summed E-state index contributed by atoms with van der Waals surface area (Å²) in [5, 5.41) is 9.95. The maximum Gasteiger partial charge on any atom is 0.147 e. The first kappa shape index (κ1) is 15.1. The molecule has 17 heavy (non-hydrogen) atoms. The van der Waals surface area contributed by atoms with Gasteiger partial charge in [0.1, 0.15) is 9.84 Å². The molecule has 1 rings (SSSR count). The normalized spacial score (nSPS) is 13.6. The fourth-order valence-electron chi connectivity index (χ4n) is 1.47. The zero-order valence-electron chi connectivity index (χ0n) is 9.36. The molecule has 0 spiro atoms. The van der Waals surface area contributed by atoms with Gasteiger partial charge in [-0.1, -0.05) is 37.9 Å². The van der Waals surface area contributed by atoms with Gasteiger partial charge < -0.3 is 5.11 Å². The zero-order valence-corrected chi connectivity index (χ0v) is 13.3. The van der Waals surface area contributed by atoms with E-state index in [2.05, 4.69) is 31.9 Å². The first-order chi connectivity index (χ1) is 7.79. The van der Waals surface area contributed by atoms with Crippen LogP contribution in [0.15, 0.2) is 27.1 Å². The molecule has 1 aromatic rings. The van der Waals surface area contributed by atoms with Crippen LogP contribution in [0.25, 0.3) is 0 Å². The van der Waals surface area contributed by atoms with Gasteiger partial charge >= 0.3 is 0 Å². The number of aliphatic hydroxyl groups excluding tert-OH is 1. The lowest BCUT2D eigenvalue weighted by atomic mass is 10.1. The number of hydrogen-bond acceptors (Lipinski definition) is 3. The number of benzene rings is 1. The van der Waals surface area contributed by atoms with Crippen molar-refractivity contribution in [3.05, 3.63) is 32.7 Å². The first-order valence-electron chi connectivity index (χ1n) is 5.10. The highest BCUT2D eigenvalue weighted by Gasteiger charge is 2.12. The third kappa shape index (κ3) is 5.50. The Bertz CT molecular complexity index is 485. The Labute approximate surface area is 118 Å². The highest BCUT2D eigenvalue weighted by molar-refractivity contribution is 9.11. The quantitative estimate of drug-likeness (QED) is 0.847. The van der Waals surface area contributed by atoms with E-state index in [0.717, 1.165) is 14.5 Å². The molecule has 6 heteroatoms. The molecule has 0 saturated heterocycles. The highest BCUT2D eigenvalue weighted by Crippen LogP contribution is 2.29. The average molecular weight is 386 g/mol. The van der Waals surface area contributed by atoms with Crippen molar-refractivity contribution in [2.45, 2.75) is 18.9 Å². The molecule has 0 radical (unpaired) electrons. The maximum absolute atomic E-state index is 11.0. The number of rotatable bonds is 5. The lowest BCUT2D eigenvalue weighted by molar-refractivity contribution is 0.166. The topological polar surface area (TPSA) is 54.4 Å². The summed E-state index contributed by atoms with van der Waals surface area (Å²) >= 11 is 6.70. The van der Waals surface area contributed by atoms with Crippen LogP contribution >= 0.6 is 31.9 Å². The molecule has 0 heterocycles. The molecule has 1 aromatic carbocycles. The minimum Gasteiger partial charge on any atom is -0.388 e. The fraction of sp³-hybridized carbons (Fsp3) is 0.455. The lowest BCUT2D eigenvalue weighted by Gasteiger charge is -2.12. The Morgan fingerprint density at radius 1 is 1.35 bits per heavy atom. The van der Waals surface area contributed by atoms with E-state index >= 15 is 0 Å². The summed E-state index contributed by atoms with van der Waals surface area (Å²) in [6.07, 6.45) is 1.46. The Balaban J connectivity index is 2.61. The van der Waals surface area contributed by atoms with Crippen LogP contribution in [-0.2, 0) is 9.84 Å². The number of halogens is 2. The van der Waals surface area contributed by atoms with E-state index in [1.807, 2.05) is 18.2 Å². The Kier molecular flexibility index (Phi) is 5.63. The smallest absolute Gasteiger partial charge is 0.147 e. The number of sulfone groups is 1. The molecular weight excluding hydrogens is 372 g/mol. The molecule has 0 aliphatic rings. The van der Waals surface area contributed by atoms with Crippen molar-refractivity contribution in [3.8, 4) is 0 Å². The second-order valence-corrected chi connectivity index (χ2v) is 7.98. The van der Waals surface area contributed by atoms with Crippen molar-refractivity contribution in [3.63, 3.8) is 0 Å². The van der Waals surface area contributed by atoms with E-state index in [1.165, 1.54) is 6.26 Å². The van der Waals surface area contributed by atoms with Crippen LogP contribution in [0, 0.1) is 0 Å². The van der Waals surface area contributed by atoms with Crippen LogP contribution in [0.2, 0.25) is 0 Å². The summed E-state index contributed by atoms with van der Waals surface area (Å²) in [4.78, 5) is 0. The van der Waals surface area contributed by atoms with Gasteiger partial charge in [-0.05, 0) is 30.5 Å². The van der Waals surface area contributed by atoms with Gasteiger partial charge in [0, 0.05) is 21.0 Å². The third-order valence-electron chi connectivity index (χ3n) is 2.31. The molecule has 0 aliphatic carbocycles. The molecule has 0 saturated carbocycles. The van der Waals surface area contributed by atoms with Gasteiger partial charge in [0.25, 0.3) is 0 Å². The molecule has 0 aromatic heterocycles. The molecule has 96 valence electrons. The van der Waals surface area contributed by atoms with Crippen LogP contribution in [-0.4, -0.2) is 25.5 Å². The van der Waals surface area contributed by atoms with Crippen LogP contribution in [0.5, 0.6) is 0 Å². The first-order valence-corrected chi connectivity index (χ1v) is 8.75. The summed E-state index contributed by atoms with van der Waals surface area (Å²) in [5.41, 5.74) is 0.779. The van der Waals surface area contributed by atoms with Crippen molar-refractivity contribution < 1.29 is 13.5 Å². The number of hydrogen-bond donors (Lipinski definition) is 1. The monoisotopic (exact) mass is 384 g/mol. The van der Waals surface area contributed by atoms with E-state index in [0.29, 0.717) is 12.8 Å². The van der Waals surface area contributed by atoms with Gasteiger partial charge in [-0.2, -0.15) is 0 Å². The van der Waals surface area contributed by atoms with Crippen molar-refractivity contribution in [2.24, 2.45) is 0 Å². The third-order valence-corrected chi connectivity index (χ3v) is 4.52. The van der Waals surface area contributed by atoms with Crippen molar-refractivity contribution >= 4 is 41.7 Å². The van der Waals surface area contributed by atoms with Crippen LogP contribution in [0.3, 0.4) is 0 Å². The van der Waals surface area contributed by atoms with E-state index < -0.39 is 15.9 Å². The Morgan fingerprint density at radius 2 is 2.00 bits per heavy atom. The summed E-state index contributed by atoms with van der Waals surface area (Å²) in [6, 6.07) is 5.52. The van der Waals surface area contributed by atoms with E-state index in [-0.39, 0.29) is 5.75 Å². The molecular formula is C11H14Br2O3S. The van der Waals surface area contributed by atoms with E-state index in [1.54, 1.807) is 0 Å². The predicted octanol–water partition coefficient (Wildman–Crippen LogP) is 3.07. The number of aliphatic hydroxyl groups is 1. The Morgan fingerprint density at radius 3 is 2.53 bits per heavy atom. The van der Waals surface area contributed by atoms with Gasteiger partial charge in [0.15, 0.2) is 0 Å². The summed E-state index contributed by atoms with van der Waals surface area (Å²) in [6.45, 7) is 0. The van der Waals surface area contributed by atoms with Crippen LogP contribution in [0.1, 0.15) is 24.5 Å². The summed E-state index contributed by atoms with van der Waals surface area (Å²) in [7, 11) is -2.95. The maximum atomic E-state index is 11.0. The highest BCUT2D eigenvalue weighted by atomic mass is 79.9. The molecule has 1 unspecified atom stereocenters. The van der Waals surface area contributed by atoms with Crippen molar-refractivity contribution in [1.29, 1.82) is 0 Å². The molecule has 1 N–H and O–H groups in total. The molecule has 0 fully saturated rings. The lowest BCUT2D eigenvalue weighted by Crippen LogP contribution is -2.06. The van der Waals surface area contributed by atoms with Crippen molar-refractivity contribution in [1.82, 2.24) is 0 Å². The van der Waals surface area contributed by atoms with E-state index in [4.69, 9.17) is 0 Å². The molecule has 3 nitrogen and oxygen atoms in total. The second-order valence-electron chi connectivity index (χ2n) is 3.95. The average Bonchev–Trinajstić information content (AvgIpc) is 2.15. The minimum atomic E-state index is -2.95. The zero-order chi connectivity index (χ0) is 13.1. The van der Waals surface area contributed by atoms with Crippen LogP contribution in [0.4, 0.5) is 0 Å². The van der Waals surface area contributed by atoms with Gasteiger partial charge in [-0.3, -0.25) is 0 Å². The molecule has 0 aliphatic heterocycles. The van der Waals surface area contributed by atoms with Crippen LogP contribution < -0.4 is 0 Å². The predicted molar refractivity (Wildman–Crippen MR) is 75.7 cm³/mol. The molecule has 0 amide bonds. The van der Waals surface area contributed by atoms with Gasteiger partial charge in [-0.25, -0.2) is 8.42 Å². The molecule has 1 atom stereocenters.